The van der Waals surface area contributed by atoms with E-state index in [0.29, 0.717) is 12.8 Å². The van der Waals surface area contributed by atoms with Crippen LogP contribution in [0.15, 0.2) is 57.9 Å². The highest BCUT2D eigenvalue weighted by atomic mass is 16.6. The van der Waals surface area contributed by atoms with Crippen molar-refractivity contribution in [2.45, 2.75) is 85.4 Å². The number of carbonyl (C=O) groups is 3. The van der Waals surface area contributed by atoms with E-state index in [4.69, 9.17) is 4.74 Å². The lowest BCUT2D eigenvalue weighted by Gasteiger charge is -2.55. The van der Waals surface area contributed by atoms with E-state index in [9.17, 15) is 29.7 Å². The molecule has 1 saturated carbocycles. The zero-order valence-corrected chi connectivity index (χ0v) is 24.4. The Labute approximate surface area is 236 Å². The number of hydrogen-bond donors (Lipinski definition) is 3. The van der Waals surface area contributed by atoms with Crippen LogP contribution in [0.3, 0.4) is 0 Å². The van der Waals surface area contributed by atoms with Crippen molar-refractivity contribution < 1.29 is 34.4 Å². The third kappa shape index (κ3) is 4.07. The summed E-state index contributed by atoms with van der Waals surface area (Å²) in [6.45, 7) is 11.8. The molecule has 0 aromatic rings. The van der Waals surface area contributed by atoms with Gasteiger partial charge in [-0.1, -0.05) is 61.8 Å². The van der Waals surface area contributed by atoms with Gasteiger partial charge in [-0.25, -0.2) is 9.59 Å². The number of esters is 1. The molecule has 7 nitrogen and oxygen atoms in total. The highest BCUT2D eigenvalue weighted by Gasteiger charge is 2.63. The molecule has 2 bridgehead atoms. The molecule has 0 aromatic carbocycles. The number of rotatable bonds is 1. The first kappa shape index (κ1) is 28.6. The molecule has 0 amide bonds. The van der Waals surface area contributed by atoms with Gasteiger partial charge in [-0.3, -0.25) is 4.79 Å². The Morgan fingerprint density at radius 2 is 1.75 bits per heavy atom. The van der Waals surface area contributed by atoms with Gasteiger partial charge in [0.1, 0.15) is 11.3 Å². The number of aliphatic hydroxyl groups excluding tert-OH is 2. The maximum Gasteiger partial charge on any atom is 0.346 e. The number of aliphatic hydroxyl groups is 2. The summed E-state index contributed by atoms with van der Waals surface area (Å²) in [6, 6.07) is 0. The largest absolute Gasteiger partial charge is 0.511 e. The van der Waals surface area contributed by atoms with Gasteiger partial charge in [0.25, 0.3) is 0 Å². The molecule has 2 fully saturated rings. The lowest BCUT2D eigenvalue weighted by atomic mass is 9.49. The summed E-state index contributed by atoms with van der Waals surface area (Å²) < 4.78 is 5.99. The van der Waals surface area contributed by atoms with Crippen molar-refractivity contribution in [1.82, 2.24) is 0 Å². The van der Waals surface area contributed by atoms with Crippen LogP contribution < -0.4 is 0 Å². The number of ether oxygens (including phenoxy) is 1. The van der Waals surface area contributed by atoms with E-state index in [1.54, 1.807) is 13.0 Å². The van der Waals surface area contributed by atoms with E-state index in [0.717, 1.165) is 29.6 Å². The van der Waals surface area contributed by atoms with Crippen molar-refractivity contribution in [2.75, 3.05) is 0 Å². The van der Waals surface area contributed by atoms with Crippen LogP contribution in [0.25, 0.3) is 0 Å². The summed E-state index contributed by atoms with van der Waals surface area (Å²) in [4.78, 5) is 40.2. The van der Waals surface area contributed by atoms with Crippen LogP contribution in [0.1, 0.15) is 73.6 Å². The zero-order chi connectivity index (χ0) is 29.3. The Kier molecular flexibility index (Phi) is 7.05. The van der Waals surface area contributed by atoms with E-state index in [-0.39, 0.29) is 47.0 Å². The third-order valence-electron chi connectivity index (χ3n) is 10.6. The number of ketones is 1. The second-order valence-electron chi connectivity index (χ2n) is 13.2. The molecule has 216 valence electrons. The second kappa shape index (κ2) is 9.86. The molecular formula is C33H42O7. The minimum absolute atomic E-state index is 0.0262. The molecule has 5 aliphatic rings. The highest BCUT2D eigenvalue weighted by molar-refractivity contribution is 6.26. The van der Waals surface area contributed by atoms with Crippen LogP contribution in [-0.4, -0.2) is 44.7 Å². The molecule has 9 atom stereocenters. The van der Waals surface area contributed by atoms with Crippen LogP contribution in [0.2, 0.25) is 0 Å². The quantitative estimate of drug-likeness (QED) is 0.220. The normalized spacial score (nSPS) is 44.5. The standard InChI is InChI=1S/C33H42O7/c1-16-8-7-9-17(2)26-19(4)13-23-24(34)11-10-18(3)27(23)32(26,6)28(35)25-29(36)33(40-31(25)39)15-20(5)22(30(37)38)14-21(33)12-16/h9,12-14,18,20-21,23-24,26-27,34-35H,7-8,10-11,15H2,1-6H3,(H,37,38)/b16-12+,17-9+,28-25?/t18-,20+,21+,23+,24-,26+,27+,32+,33-/m0/s1. The monoisotopic (exact) mass is 550 g/mol. The summed E-state index contributed by atoms with van der Waals surface area (Å²) in [6.07, 6.45) is 10.0. The van der Waals surface area contributed by atoms with Gasteiger partial charge in [-0.2, -0.15) is 0 Å². The average Bonchev–Trinajstić information content (AvgIpc) is 3.10. The molecule has 1 heterocycles. The maximum absolute atomic E-state index is 14.5. The zero-order valence-electron chi connectivity index (χ0n) is 24.4. The van der Waals surface area contributed by atoms with Gasteiger partial charge in [0.05, 0.1) is 6.10 Å². The third-order valence-corrected chi connectivity index (χ3v) is 10.6. The van der Waals surface area contributed by atoms with Crippen molar-refractivity contribution in [3.8, 4) is 0 Å². The van der Waals surface area contributed by atoms with Gasteiger partial charge in [-0.15, -0.1) is 0 Å². The average molecular weight is 551 g/mol. The van der Waals surface area contributed by atoms with E-state index < -0.39 is 46.7 Å². The number of hydrogen-bond acceptors (Lipinski definition) is 6. The van der Waals surface area contributed by atoms with Gasteiger partial charge in [0.2, 0.25) is 5.78 Å². The van der Waals surface area contributed by atoms with Gasteiger partial charge in [0, 0.05) is 35.2 Å². The first-order valence-corrected chi connectivity index (χ1v) is 14.6. The predicted molar refractivity (Wildman–Crippen MR) is 150 cm³/mol. The number of carboxylic acids is 1. The Balaban J connectivity index is 1.79. The lowest BCUT2D eigenvalue weighted by molar-refractivity contribution is -0.156. The number of allylic oxidation sites excluding steroid dienone is 5. The van der Waals surface area contributed by atoms with Crippen LogP contribution in [-0.2, 0) is 19.1 Å². The fourth-order valence-electron chi connectivity index (χ4n) is 8.91. The van der Waals surface area contributed by atoms with Gasteiger partial charge in [-0.05, 0) is 64.2 Å². The molecule has 0 radical (unpaired) electrons. The van der Waals surface area contributed by atoms with Gasteiger partial charge in [0.15, 0.2) is 5.60 Å². The van der Waals surface area contributed by atoms with E-state index in [2.05, 4.69) is 19.1 Å². The maximum atomic E-state index is 14.5. The lowest BCUT2D eigenvalue weighted by Crippen LogP contribution is -2.53. The number of aliphatic carboxylic acids is 1. The van der Waals surface area contributed by atoms with Crippen LogP contribution in [0.4, 0.5) is 0 Å². The van der Waals surface area contributed by atoms with Crippen molar-refractivity contribution in [3.63, 3.8) is 0 Å². The molecule has 40 heavy (non-hydrogen) atoms. The van der Waals surface area contributed by atoms with Crippen molar-refractivity contribution in [2.24, 2.45) is 40.9 Å². The van der Waals surface area contributed by atoms with Crippen molar-refractivity contribution in [1.29, 1.82) is 0 Å². The first-order valence-electron chi connectivity index (χ1n) is 14.6. The molecule has 0 unspecified atom stereocenters. The molecule has 4 aliphatic carbocycles. The number of fused-ring (bicyclic) bond motifs is 4. The Morgan fingerprint density at radius 1 is 1.05 bits per heavy atom. The van der Waals surface area contributed by atoms with E-state index in [1.165, 1.54) is 0 Å². The fraction of sp³-hybridized carbons (Fsp3) is 0.606. The minimum atomic E-state index is -1.61. The highest BCUT2D eigenvalue weighted by Crippen LogP contribution is 2.61. The summed E-state index contributed by atoms with van der Waals surface area (Å²) in [5, 5.41) is 33.2. The predicted octanol–water partition coefficient (Wildman–Crippen LogP) is 5.62. The molecular weight excluding hydrogens is 508 g/mol. The number of carbonyl (C=O) groups excluding carboxylic acids is 2. The molecule has 1 saturated heterocycles. The Hall–Kier alpha value is -2.93. The fourth-order valence-corrected chi connectivity index (χ4v) is 8.91. The molecule has 1 spiro atoms. The van der Waals surface area contributed by atoms with E-state index in [1.807, 2.05) is 33.8 Å². The molecule has 7 heteroatoms. The van der Waals surface area contributed by atoms with Crippen molar-refractivity contribution in [3.05, 3.63) is 57.9 Å². The Morgan fingerprint density at radius 3 is 2.42 bits per heavy atom. The summed E-state index contributed by atoms with van der Waals surface area (Å²) in [7, 11) is 0. The number of carboxylic acid groups (broad SMARTS) is 1. The molecule has 0 aromatic heterocycles. The van der Waals surface area contributed by atoms with Crippen LogP contribution >= 0.6 is 0 Å². The minimum Gasteiger partial charge on any atom is -0.511 e. The topological polar surface area (TPSA) is 121 Å². The summed E-state index contributed by atoms with van der Waals surface area (Å²) >= 11 is 0. The van der Waals surface area contributed by atoms with Gasteiger partial charge < -0.3 is 20.1 Å². The SMILES string of the molecule is CC1=C[C@H]2[C@@H]([C@@H](C)CC[C@@H]2O)[C@]2(C)C(O)=C3C(=O)O[C@]4(C[C@@H](C)C(C(=O)O)=C[C@H]4/C=C(\C)CC/C=C(\C)[C@H]12)C3=O. The molecule has 5 rings (SSSR count). The Bertz CT molecular complexity index is 1310. The molecule has 3 N–H and O–H groups in total. The van der Waals surface area contributed by atoms with Crippen LogP contribution in [0.5, 0.6) is 0 Å². The first-order chi connectivity index (χ1) is 18.7. The smallest absolute Gasteiger partial charge is 0.346 e. The van der Waals surface area contributed by atoms with Crippen LogP contribution in [0, 0.1) is 40.9 Å². The second-order valence-corrected chi connectivity index (χ2v) is 13.2. The summed E-state index contributed by atoms with van der Waals surface area (Å²) in [5.41, 5.74) is 0.249. The summed E-state index contributed by atoms with van der Waals surface area (Å²) in [5.74, 6) is -4.60. The van der Waals surface area contributed by atoms with Crippen molar-refractivity contribution >= 4 is 17.7 Å². The van der Waals surface area contributed by atoms with Gasteiger partial charge >= 0.3 is 11.9 Å². The molecule has 1 aliphatic heterocycles. The number of Topliss-reactive ketones (excluding diaryl/α,β-unsaturated/α-hetero) is 1. The van der Waals surface area contributed by atoms with E-state index >= 15 is 0 Å².